The molecule has 0 spiro atoms. The minimum absolute atomic E-state index is 0.0160. The number of sulfonamides is 1. The Labute approximate surface area is 234 Å². The molecule has 1 saturated heterocycles. The van der Waals surface area contributed by atoms with E-state index in [2.05, 4.69) is 10.0 Å². The average molecular weight is 584 g/mol. The smallest absolute Gasteiger partial charge is 0.381 e. The number of hydrogen-bond donors (Lipinski definition) is 2. The first kappa shape index (κ1) is 30.4. The summed E-state index contributed by atoms with van der Waals surface area (Å²) in [5, 5.41) is 3.07. The summed E-state index contributed by atoms with van der Waals surface area (Å²) in [5.74, 6) is 0.114. The Morgan fingerprint density at radius 3 is 2.27 bits per heavy atom. The zero-order valence-electron chi connectivity index (χ0n) is 23.7. The van der Waals surface area contributed by atoms with Gasteiger partial charge in [-0.3, -0.25) is 9.52 Å². The van der Waals surface area contributed by atoms with E-state index in [-0.39, 0.29) is 17.5 Å². The van der Waals surface area contributed by atoms with Crippen molar-refractivity contribution in [2.45, 2.75) is 96.2 Å². The highest BCUT2D eigenvalue weighted by atomic mass is 32.2. The largest absolute Gasteiger partial charge is 0.418 e. The van der Waals surface area contributed by atoms with Crippen molar-refractivity contribution in [3.8, 4) is 11.3 Å². The van der Waals surface area contributed by atoms with Gasteiger partial charge in [-0.15, -0.1) is 0 Å². The maximum absolute atomic E-state index is 14.2. The quantitative estimate of drug-likeness (QED) is 0.389. The topological polar surface area (TPSA) is 89.4 Å². The third-order valence-corrected chi connectivity index (χ3v) is 10.1. The molecule has 2 aromatic rings. The summed E-state index contributed by atoms with van der Waals surface area (Å²) in [4.78, 5) is 13.3. The zero-order chi connectivity index (χ0) is 29.3. The number of hydrogen-bond acceptors (Lipinski definition) is 4. The highest BCUT2D eigenvalue weighted by molar-refractivity contribution is 7.94. The Morgan fingerprint density at radius 1 is 1.02 bits per heavy atom. The third-order valence-electron chi connectivity index (χ3n) is 8.00. The van der Waals surface area contributed by atoms with Gasteiger partial charge in [-0.1, -0.05) is 25.3 Å². The molecule has 1 aliphatic heterocycles. The minimum atomic E-state index is -4.80. The molecule has 4 rings (SSSR count). The number of rotatable bonds is 7. The second-order valence-corrected chi connectivity index (χ2v) is 14.4. The van der Waals surface area contributed by atoms with Crippen molar-refractivity contribution in [3.05, 3.63) is 41.1 Å². The summed E-state index contributed by atoms with van der Waals surface area (Å²) in [6.45, 7) is 7.85. The standard InChI is InChI=1S/C29H40F3N3O4S/c1-19-23(27(36)33-22-12-14-39-15-13-22)17-26(35(19)18-20-8-6-5-7-9-20)21-10-11-25(24(16-21)29(30,31)32)34-40(37,38)28(2,3)4/h10-11,16-17,20,22,34H,5-9,12-15,18H2,1-4H3,(H,33,36). The highest BCUT2D eigenvalue weighted by Gasteiger charge is 2.37. The summed E-state index contributed by atoms with van der Waals surface area (Å²) in [6.07, 6.45) is 2.07. The summed E-state index contributed by atoms with van der Waals surface area (Å²) in [5.41, 5.74) is 0.324. The third kappa shape index (κ3) is 6.84. The van der Waals surface area contributed by atoms with Gasteiger partial charge in [-0.2, -0.15) is 13.2 Å². The van der Waals surface area contributed by atoms with Gasteiger partial charge in [0.25, 0.3) is 5.91 Å². The normalized spacial score (nSPS) is 18.1. The first-order valence-electron chi connectivity index (χ1n) is 14.0. The van der Waals surface area contributed by atoms with E-state index in [4.69, 9.17) is 4.74 Å². The Bertz CT molecular complexity index is 1320. The first-order valence-corrected chi connectivity index (χ1v) is 15.5. The Kier molecular flexibility index (Phi) is 8.94. The fourth-order valence-electron chi connectivity index (χ4n) is 5.41. The Balaban J connectivity index is 1.76. The summed E-state index contributed by atoms with van der Waals surface area (Å²) in [7, 11) is -4.08. The molecule has 1 aliphatic carbocycles. The van der Waals surface area contributed by atoms with Crippen molar-refractivity contribution >= 4 is 21.6 Å². The second-order valence-electron chi connectivity index (χ2n) is 12.0. The van der Waals surface area contributed by atoms with Crippen LogP contribution in [0.3, 0.4) is 0 Å². The van der Waals surface area contributed by atoms with E-state index in [0.29, 0.717) is 55.5 Å². The van der Waals surface area contributed by atoms with E-state index in [0.717, 1.165) is 37.8 Å². The molecule has 222 valence electrons. The number of nitrogens with one attached hydrogen (secondary N) is 2. The zero-order valence-corrected chi connectivity index (χ0v) is 24.5. The average Bonchev–Trinajstić information content (AvgIpc) is 3.20. The van der Waals surface area contributed by atoms with Crippen molar-refractivity contribution in [2.24, 2.45) is 5.92 Å². The number of anilines is 1. The number of halogens is 3. The molecule has 0 radical (unpaired) electrons. The van der Waals surface area contributed by atoms with Crippen LogP contribution >= 0.6 is 0 Å². The van der Waals surface area contributed by atoms with Crippen LogP contribution in [0, 0.1) is 12.8 Å². The van der Waals surface area contributed by atoms with Gasteiger partial charge in [0.15, 0.2) is 0 Å². The molecule has 40 heavy (non-hydrogen) atoms. The number of nitrogens with zero attached hydrogens (tertiary/aromatic N) is 1. The molecule has 1 aromatic heterocycles. The summed E-state index contributed by atoms with van der Waals surface area (Å²) in [6, 6.07) is 5.28. The molecule has 1 amide bonds. The van der Waals surface area contributed by atoms with Gasteiger partial charge in [-0.25, -0.2) is 8.42 Å². The maximum Gasteiger partial charge on any atom is 0.418 e. The minimum Gasteiger partial charge on any atom is -0.381 e. The molecule has 0 atom stereocenters. The van der Waals surface area contributed by atoms with Crippen molar-refractivity contribution in [3.63, 3.8) is 0 Å². The molecule has 0 unspecified atom stereocenters. The summed E-state index contributed by atoms with van der Waals surface area (Å²) < 4.78 is 76.3. The monoisotopic (exact) mass is 583 g/mol. The van der Waals surface area contributed by atoms with Crippen molar-refractivity contribution in [1.82, 2.24) is 9.88 Å². The molecule has 1 aromatic carbocycles. The lowest BCUT2D eigenvalue weighted by Crippen LogP contribution is -2.39. The molecular weight excluding hydrogens is 543 g/mol. The number of amides is 1. The number of ether oxygens (including phenoxy) is 1. The first-order chi connectivity index (χ1) is 18.7. The van der Waals surface area contributed by atoms with E-state index in [1.165, 1.54) is 33.3 Å². The van der Waals surface area contributed by atoms with E-state index in [1.54, 1.807) is 6.07 Å². The van der Waals surface area contributed by atoms with E-state index in [9.17, 15) is 26.4 Å². The van der Waals surface area contributed by atoms with Gasteiger partial charge in [-0.05, 0) is 83.1 Å². The SMILES string of the molecule is Cc1c(C(=O)NC2CCOCC2)cc(-c2ccc(NS(=O)(=O)C(C)(C)C)c(C(F)(F)F)c2)n1CC1CCCCC1. The summed E-state index contributed by atoms with van der Waals surface area (Å²) >= 11 is 0. The number of carbonyl (C=O) groups excluding carboxylic acids is 1. The fourth-order valence-corrected chi connectivity index (χ4v) is 6.18. The van der Waals surface area contributed by atoms with Crippen LogP contribution in [0.25, 0.3) is 11.3 Å². The van der Waals surface area contributed by atoms with Gasteiger partial charge in [0, 0.05) is 37.2 Å². The lowest BCUT2D eigenvalue weighted by molar-refractivity contribution is -0.136. The molecule has 1 saturated carbocycles. The second kappa shape index (κ2) is 11.8. The molecular formula is C29H40F3N3O4S. The predicted octanol–water partition coefficient (Wildman–Crippen LogP) is 6.51. The lowest BCUT2D eigenvalue weighted by atomic mass is 9.89. The van der Waals surface area contributed by atoms with Gasteiger partial charge < -0.3 is 14.6 Å². The van der Waals surface area contributed by atoms with Crippen molar-refractivity contribution in [1.29, 1.82) is 0 Å². The molecule has 0 bridgehead atoms. The van der Waals surface area contributed by atoms with Gasteiger partial charge in [0.1, 0.15) is 0 Å². The van der Waals surface area contributed by atoms with Crippen LogP contribution in [-0.4, -0.2) is 42.9 Å². The maximum atomic E-state index is 14.2. The molecule has 2 N–H and O–H groups in total. The van der Waals surface area contributed by atoms with Crippen LogP contribution < -0.4 is 10.0 Å². The van der Waals surface area contributed by atoms with Crippen LogP contribution in [0.15, 0.2) is 24.3 Å². The molecule has 2 aliphatic rings. The molecule has 2 fully saturated rings. The highest BCUT2D eigenvalue weighted by Crippen LogP contribution is 2.40. The fraction of sp³-hybridized carbons (Fsp3) is 0.621. The number of aromatic nitrogens is 1. The molecule has 2 heterocycles. The number of alkyl halides is 3. The van der Waals surface area contributed by atoms with Crippen LogP contribution in [0.5, 0.6) is 0 Å². The lowest BCUT2D eigenvalue weighted by Gasteiger charge is -2.25. The number of benzene rings is 1. The Hall–Kier alpha value is -2.53. The van der Waals surface area contributed by atoms with E-state index < -0.39 is 32.2 Å². The Morgan fingerprint density at radius 2 is 1.68 bits per heavy atom. The van der Waals surface area contributed by atoms with Gasteiger partial charge in [0.05, 0.1) is 21.6 Å². The molecule has 11 heteroatoms. The van der Waals surface area contributed by atoms with Crippen LogP contribution in [0.2, 0.25) is 0 Å². The van der Waals surface area contributed by atoms with E-state index >= 15 is 0 Å². The van der Waals surface area contributed by atoms with E-state index in [1.807, 2.05) is 11.5 Å². The van der Waals surface area contributed by atoms with Gasteiger partial charge >= 0.3 is 6.18 Å². The van der Waals surface area contributed by atoms with Crippen LogP contribution in [0.4, 0.5) is 18.9 Å². The van der Waals surface area contributed by atoms with Gasteiger partial charge in [0.2, 0.25) is 10.0 Å². The van der Waals surface area contributed by atoms with Crippen molar-refractivity contribution in [2.75, 3.05) is 17.9 Å². The van der Waals surface area contributed by atoms with Crippen molar-refractivity contribution < 1.29 is 31.1 Å². The number of carbonyl (C=O) groups is 1. The van der Waals surface area contributed by atoms with Crippen LogP contribution in [0.1, 0.15) is 87.3 Å². The molecule has 7 nitrogen and oxygen atoms in total. The predicted molar refractivity (Wildman–Crippen MR) is 150 cm³/mol. The van der Waals surface area contributed by atoms with Crippen LogP contribution in [-0.2, 0) is 27.5 Å².